The molecule has 0 spiro atoms. The Labute approximate surface area is 130 Å². The number of hydrogen-bond donors (Lipinski definition) is 1. The van der Waals surface area contributed by atoms with Crippen molar-refractivity contribution in [2.45, 2.75) is 6.92 Å². The second-order valence-electron chi connectivity index (χ2n) is 4.34. The number of aryl methyl sites for hydroxylation is 1. The maximum atomic E-state index is 11.9. The van der Waals surface area contributed by atoms with E-state index in [1.54, 1.807) is 12.1 Å². The fourth-order valence-electron chi connectivity index (χ4n) is 1.82. The van der Waals surface area contributed by atoms with Crippen molar-refractivity contribution in [3.05, 3.63) is 36.2 Å². The molecule has 0 aliphatic rings. The van der Waals surface area contributed by atoms with Crippen LogP contribution in [0.1, 0.15) is 5.56 Å². The first-order valence-corrected chi connectivity index (χ1v) is 7.19. The maximum absolute atomic E-state index is 11.9. The first kappa shape index (κ1) is 14.2. The first-order chi connectivity index (χ1) is 10.7. The summed E-state index contributed by atoms with van der Waals surface area (Å²) in [7, 11) is 1.50. The molecule has 7 nitrogen and oxygen atoms in total. The Morgan fingerprint density at radius 3 is 2.86 bits per heavy atom. The number of anilines is 1. The minimum absolute atomic E-state index is 0.363. The number of hydrogen-bond acceptors (Lipinski definition) is 7. The minimum Gasteiger partial charge on any atom is -0.479 e. The van der Waals surface area contributed by atoms with Crippen molar-refractivity contribution in [3.63, 3.8) is 0 Å². The Morgan fingerprint density at radius 2 is 2.09 bits per heavy atom. The zero-order chi connectivity index (χ0) is 15.5. The lowest BCUT2D eigenvalue weighted by atomic mass is 10.2. The summed E-state index contributed by atoms with van der Waals surface area (Å²) >= 11 is 1.22. The number of fused-ring (bicyclic) bond motifs is 1. The summed E-state index contributed by atoms with van der Waals surface area (Å²) in [6, 6.07) is 7.26. The summed E-state index contributed by atoms with van der Waals surface area (Å²) < 4.78 is 10.4. The summed E-state index contributed by atoms with van der Waals surface area (Å²) in [4.78, 5) is 24.9. The molecule has 3 aromatic rings. The van der Waals surface area contributed by atoms with Crippen LogP contribution in [0, 0.1) is 6.92 Å². The van der Waals surface area contributed by atoms with Crippen LogP contribution in [0.2, 0.25) is 0 Å². The number of para-hydroxylation sites is 1. The van der Waals surface area contributed by atoms with Gasteiger partial charge in [0, 0.05) is 0 Å². The highest BCUT2D eigenvalue weighted by Crippen LogP contribution is 2.29. The predicted molar refractivity (Wildman–Crippen MR) is 82.6 cm³/mol. The summed E-state index contributed by atoms with van der Waals surface area (Å²) in [5, 5.41) is 2.95. The summed E-state index contributed by atoms with van der Waals surface area (Å²) in [6.07, 6.45) is 0.773. The highest BCUT2D eigenvalue weighted by molar-refractivity contribution is 7.22. The number of carbonyl (C=O) groups excluding carboxylic acids is 1. The average Bonchev–Trinajstić information content (AvgIpc) is 2.91. The fraction of sp³-hybridized carbons (Fsp3) is 0.143. The van der Waals surface area contributed by atoms with E-state index >= 15 is 0 Å². The Morgan fingerprint density at radius 1 is 1.27 bits per heavy atom. The number of methoxy groups -OCH3 is 1. The molecule has 0 fully saturated rings. The largest absolute Gasteiger partial charge is 0.479 e. The molecule has 0 saturated carbocycles. The topological polar surface area (TPSA) is 86.2 Å². The van der Waals surface area contributed by atoms with Crippen molar-refractivity contribution in [2.24, 2.45) is 0 Å². The van der Waals surface area contributed by atoms with Gasteiger partial charge in [0.15, 0.2) is 15.5 Å². The Bertz CT molecular complexity index is 834. The molecule has 0 bridgehead atoms. The van der Waals surface area contributed by atoms with Crippen molar-refractivity contribution in [1.29, 1.82) is 0 Å². The van der Waals surface area contributed by atoms with Crippen molar-refractivity contribution in [3.8, 4) is 11.6 Å². The number of nitrogens with zero attached hydrogens (tertiary/aromatic N) is 3. The number of carbonyl (C=O) groups is 1. The number of thiazole rings is 1. The van der Waals surface area contributed by atoms with Crippen LogP contribution in [0.3, 0.4) is 0 Å². The average molecular weight is 316 g/mol. The summed E-state index contributed by atoms with van der Waals surface area (Å²) in [5.74, 6) is 0.861. The van der Waals surface area contributed by atoms with Gasteiger partial charge < -0.3 is 9.47 Å². The second kappa shape index (κ2) is 5.94. The molecule has 8 heteroatoms. The zero-order valence-corrected chi connectivity index (χ0v) is 12.7. The van der Waals surface area contributed by atoms with Crippen LogP contribution in [-0.4, -0.2) is 28.2 Å². The third-order valence-corrected chi connectivity index (χ3v) is 3.74. The third kappa shape index (κ3) is 2.82. The normalized spacial score (nSPS) is 10.5. The van der Waals surface area contributed by atoms with Crippen molar-refractivity contribution >= 4 is 32.9 Å². The van der Waals surface area contributed by atoms with Gasteiger partial charge in [0.25, 0.3) is 0 Å². The van der Waals surface area contributed by atoms with E-state index < -0.39 is 6.09 Å². The van der Waals surface area contributed by atoms with Crippen molar-refractivity contribution in [2.75, 3.05) is 12.4 Å². The van der Waals surface area contributed by atoms with Gasteiger partial charge in [0.05, 0.1) is 7.11 Å². The van der Waals surface area contributed by atoms with Gasteiger partial charge in [-0.1, -0.05) is 29.5 Å². The van der Waals surface area contributed by atoms with Crippen LogP contribution >= 0.6 is 11.3 Å². The van der Waals surface area contributed by atoms with Crippen molar-refractivity contribution in [1.82, 2.24) is 15.0 Å². The van der Waals surface area contributed by atoms with E-state index in [1.807, 2.05) is 19.1 Å². The second-order valence-corrected chi connectivity index (χ2v) is 5.31. The van der Waals surface area contributed by atoms with Crippen LogP contribution in [0.4, 0.5) is 9.93 Å². The number of aromatic nitrogens is 3. The molecule has 0 aliphatic heterocycles. The lowest BCUT2D eigenvalue weighted by Crippen LogP contribution is -2.16. The molecule has 112 valence electrons. The number of ether oxygens (including phenoxy) is 2. The van der Waals surface area contributed by atoms with E-state index in [4.69, 9.17) is 9.47 Å². The molecular formula is C14H12N4O3S. The molecule has 0 atom stereocenters. The Hall–Kier alpha value is -2.74. The molecule has 1 N–H and O–H groups in total. The van der Waals surface area contributed by atoms with Crippen molar-refractivity contribution < 1.29 is 14.3 Å². The Kier molecular flexibility index (Phi) is 3.84. The van der Waals surface area contributed by atoms with E-state index in [-0.39, 0.29) is 0 Å². The van der Waals surface area contributed by atoms with Gasteiger partial charge in [0.1, 0.15) is 12.1 Å². The standard InChI is InChI=1S/C14H12N4O3S/c1-8-5-3-4-6-9(8)21-14(19)18-13-17-10-11(20-2)15-7-16-12(10)22-13/h3-7H,1-2H3,(H,17,18,19). The number of nitrogens with one attached hydrogen (secondary N) is 1. The Balaban J connectivity index is 1.78. The SMILES string of the molecule is COc1ncnc2sc(NC(=O)Oc3ccccc3C)nc12. The van der Waals surface area contributed by atoms with E-state index in [0.717, 1.165) is 5.56 Å². The number of amides is 1. The van der Waals surface area contributed by atoms with Crippen LogP contribution in [-0.2, 0) is 0 Å². The molecule has 3 rings (SSSR count). The lowest BCUT2D eigenvalue weighted by Gasteiger charge is -2.06. The summed E-state index contributed by atoms with van der Waals surface area (Å²) in [6.45, 7) is 1.86. The molecule has 0 unspecified atom stereocenters. The molecule has 0 aliphatic carbocycles. The smallest absolute Gasteiger partial charge is 0.418 e. The van der Waals surface area contributed by atoms with Gasteiger partial charge in [-0.3, -0.25) is 5.32 Å². The third-order valence-electron chi connectivity index (χ3n) is 2.86. The van der Waals surface area contributed by atoms with Crippen LogP contribution in [0.5, 0.6) is 11.6 Å². The van der Waals surface area contributed by atoms with E-state index in [2.05, 4.69) is 20.3 Å². The lowest BCUT2D eigenvalue weighted by molar-refractivity contribution is 0.215. The maximum Gasteiger partial charge on any atom is 0.418 e. The molecule has 2 heterocycles. The molecule has 0 saturated heterocycles. The quantitative estimate of drug-likeness (QED) is 0.799. The van der Waals surface area contributed by atoms with E-state index in [0.29, 0.717) is 27.1 Å². The molecule has 2 aromatic heterocycles. The van der Waals surface area contributed by atoms with E-state index in [1.165, 1.54) is 24.8 Å². The van der Waals surface area contributed by atoms with Crippen LogP contribution < -0.4 is 14.8 Å². The summed E-state index contributed by atoms with van der Waals surface area (Å²) in [5.41, 5.74) is 1.37. The fourth-order valence-corrected chi connectivity index (χ4v) is 2.60. The van der Waals surface area contributed by atoms with Gasteiger partial charge in [-0.25, -0.2) is 14.8 Å². The highest BCUT2D eigenvalue weighted by atomic mass is 32.1. The molecular weight excluding hydrogens is 304 g/mol. The molecule has 1 amide bonds. The predicted octanol–water partition coefficient (Wildman–Crippen LogP) is 3.01. The zero-order valence-electron chi connectivity index (χ0n) is 11.9. The molecule has 22 heavy (non-hydrogen) atoms. The van der Waals surface area contributed by atoms with Crippen LogP contribution in [0.15, 0.2) is 30.6 Å². The van der Waals surface area contributed by atoms with Gasteiger partial charge in [-0.2, -0.15) is 4.98 Å². The molecule has 1 aromatic carbocycles. The monoisotopic (exact) mass is 316 g/mol. The van der Waals surface area contributed by atoms with Gasteiger partial charge >= 0.3 is 6.09 Å². The van der Waals surface area contributed by atoms with E-state index in [9.17, 15) is 4.79 Å². The molecule has 0 radical (unpaired) electrons. The minimum atomic E-state index is -0.611. The first-order valence-electron chi connectivity index (χ1n) is 6.37. The van der Waals surface area contributed by atoms with Gasteiger partial charge in [-0.15, -0.1) is 0 Å². The number of benzene rings is 1. The van der Waals surface area contributed by atoms with Crippen LogP contribution in [0.25, 0.3) is 10.3 Å². The van der Waals surface area contributed by atoms with Gasteiger partial charge in [0.2, 0.25) is 5.88 Å². The highest BCUT2D eigenvalue weighted by Gasteiger charge is 2.14. The van der Waals surface area contributed by atoms with Gasteiger partial charge in [-0.05, 0) is 18.6 Å². The number of rotatable bonds is 3.